The molecular formula is C17H18BrN2O7P. The Morgan fingerprint density at radius 3 is 2.00 bits per heavy atom. The molecule has 0 aliphatic rings. The number of benzene rings is 2. The molecule has 11 heteroatoms. The van der Waals surface area contributed by atoms with Crippen LogP contribution in [-0.2, 0) is 14.1 Å². The molecule has 0 N–H and O–H groups in total. The van der Waals surface area contributed by atoms with Crippen molar-refractivity contribution in [3.8, 4) is 11.5 Å². The van der Waals surface area contributed by atoms with Crippen LogP contribution >= 0.6 is 23.7 Å². The molecule has 2 rings (SSSR count). The maximum absolute atomic E-state index is 13.5. The van der Waals surface area contributed by atoms with Gasteiger partial charge in [0, 0.05) is 23.7 Å². The van der Waals surface area contributed by atoms with Crippen LogP contribution in [0.2, 0.25) is 0 Å². The molecule has 0 radical (unpaired) electrons. The van der Waals surface area contributed by atoms with Crippen molar-refractivity contribution >= 4 is 35.3 Å². The predicted octanol–water partition coefficient (Wildman–Crippen LogP) is 4.42. The number of nitro groups is 1. The quantitative estimate of drug-likeness (QED) is 0.240. The molecule has 1 unspecified atom stereocenters. The molecule has 2 aromatic carbocycles. The third kappa shape index (κ3) is 5.31. The van der Waals surface area contributed by atoms with Gasteiger partial charge in [-0.3, -0.25) is 14.9 Å². The van der Waals surface area contributed by atoms with Gasteiger partial charge in [0.25, 0.3) is 5.69 Å². The molecule has 0 aliphatic heterocycles. The first-order valence-electron chi connectivity index (χ1n) is 7.96. The Hall–Kier alpha value is -2.42. The zero-order valence-corrected chi connectivity index (χ0v) is 17.8. The summed E-state index contributed by atoms with van der Waals surface area (Å²) in [7, 11) is -1.48. The number of non-ortho nitro benzene ring substituents is 1. The summed E-state index contributed by atoms with van der Waals surface area (Å²) in [5.41, 5.74) is -0.146. The fourth-order valence-corrected chi connectivity index (χ4v) is 3.93. The molecule has 0 heterocycles. The van der Waals surface area contributed by atoms with Gasteiger partial charge in [-0.15, -0.1) is 0 Å². The van der Waals surface area contributed by atoms with Crippen molar-refractivity contribution in [3.63, 3.8) is 0 Å². The van der Waals surface area contributed by atoms with Crippen LogP contribution in [0.5, 0.6) is 11.5 Å². The standard InChI is InChI=1S/C17H18BrN2O7P/c1-12(17(21)25-3)19(2)28(24,26-15-8-4-13(18)5-9-15)27-16-10-6-14(7-11-16)20(22)23/h4-12H,1-3H3/t12-,28?/m0/s1. The predicted molar refractivity (Wildman–Crippen MR) is 105 cm³/mol. The monoisotopic (exact) mass is 472 g/mol. The fourth-order valence-electron chi connectivity index (χ4n) is 2.07. The molecule has 0 amide bonds. The van der Waals surface area contributed by atoms with Crippen molar-refractivity contribution < 1.29 is 28.1 Å². The van der Waals surface area contributed by atoms with Crippen LogP contribution in [0.25, 0.3) is 0 Å². The zero-order chi connectivity index (χ0) is 20.9. The minimum absolute atomic E-state index is 0.0787. The third-order valence-electron chi connectivity index (χ3n) is 3.79. The van der Waals surface area contributed by atoms with Crippen molar-refractivity contribution in [1.29, 1.82) is 0 Å². The highest BCUT2D eigenvalue weighted by atomic mass is 79.9. The number of nitrogens with zero attached hydrogens (tertiary/aromatic N) is 2. The second-order valence-electron chi connectivity index (χ2n) is 5.63. The van der Waals surface area contributed by atoms with Gasteiger partial charge in [-0.25, -0.2) is 4.57 Å². The van der Waals surface area contributed by atoms with Crippen LogP contribution < -0.4 is 9.05 Å². The molecule has 28 heavy (non-hydrogen) atoms. The van der Waals surface area contributed by atoms with Crippen LogP contribution in [0.4, 0.5) is 5.69 Å². The lowest BCUT2D eigenvalue weighted by Crippen LogP contribution is -2.37. The van der Waals surface area contributed by atoms with Crippen LogP contribution in [0.3, 0.4) is 0 Å². The average Bonchev–Trinajstić information content (AvgIpc) is 2.68. The van der Waals surface area contributed by atoms with Crippen molar-refractivity contribution in [2.75, 3.05) is 14.2 Å². The zero-order valence-electron chi connectivity index (χ0n) is 15.3. The summed E-state index contributed by atoms with van der Waals surface area (Å²) in [6.07, 6.45) is 0. The Labute approximate surface area is 170 Å². The first kappa shape index (κ1) is 21.9. The average molecular weight is 473 g/mol. The summed E-state index contributed by atoms with van der Waals surface area (Å²) >= 11 is 3.30. The number of nitro benzene ring substituents is 1. The Bertz CT molecular complexity index is 889. The lowest BCUT2D eigenvalue weighted by molar-refractivity contribution is -0.384. The van der Waals surface area contributed by atoms with E-state index in [1.807, 2.05) is 0 Å². The molecule has 0 aromatic heterocycles. The van der Waals surface area contributed by atoms with Gasteiger partial charge in [0.2, 0.25) is 0 Å². The molecule has 2 atom stereocenters. The summed E-state index contributed by atoms with van der Waals surface area (Å²) in [5, 5.41) is 10.8. The Morgan fingerprint density at radius 1 is 1.11 bits per heavy atom. The molecule has 0 aliphatic carbocycles. The highest BCUT2D eigenvalue weighted by molar-refractivity contribution is 9.10. The van der Waals surface area contributed by atoms with Gasteiger partial charge < -0.3 is 13.8 Å². The van der Waals surface area contributed by atoms with Gasteiger partial charge in [-0.2, -0.15) is 4.67 Å². The highest BCUT2D eigenvalue weighted by Gasteiger charge is 2.40. The third-order valence-corrected chi connectivity index (χ3v) is 6.32. The van der Waals surface area contributed by atoms with E-state index >= 15 is 0 Å². The number of esters is 1. The minimum Gasteiger partial charge on any atom is -0.468 e. The molecule has 0 bridgehead atoms. The van der Waals surface area contributed by atoms with E-state index in [0.717, 1.165) is 9.14 Å². The van der Waals surface area contributed by atoms with Gasteiger partial charge in [0.05, 0.1) is 12.0 Å². The first-order chi connectivity index (χ1) is 13.2. The topological polar surface area (TPSA) is 108 Å². The van der Waals surface area contributed by atoms with E-state index in [1.54, 1.807) is 24.3 Å². The Morgan fingerprint density at radius 2 is 1.57 bits per heavy atom. The lowest BCUT2D eigenvalue weighted by Gasteiger charge is -2.30. The van der Waals surface area contributed by atoms with Crippen molar-refractivity contribution in [2.45, 2.75) is 13.0 Å². The maximum Gasteiger partial charge on any atom is 0.516 e. The van der Waals surface area contributed by atoms with E-state index in [4.69, 9.17) is 13.8 Å². The van der Waals surface area contributed by atoms with Gasteiger partial charge >= 0.3 is 13.7 Å². The van der Waals surface area contributed by atoms with Gasteiger partial charge in [-0.05, 0) is 43.3 Å². The SMILES string of the molecule is COC(=O)[C@H](C)N(C)P(=O)(Oc1ccc(Br)cc1)Oc1ccc([N+](=O)[O-])cc1. The molecule has 0 saturated carbocycles. The Balaban J connectivity index is 2.36. The number of ether oxygens (including phenoxy) is 1. The summed E-state index contributed by atoms with van der Waals surface area (Å²) in [6.45, 7) is 1.49. The highest BCUT2D eigenvalue weighted by Crippen LogP contribution is 2.52. The van der Waals surface area contributed by atoms with Crippen LogP contribution in [0, 0.1) is 10.1 Å². The number of halogens is 1. The van der Waals surface area contributed by atoms with E-state index in [1.165, 1.54) is 45.3 Å². The second kappa shape index (κ2) is 9.18. The maximum atomic E-state index is 13.5. The fraction of sp³-hybridized carbons (Fsp3) is 0.235. The first-order valence-corrected chi connectivity index (χ1v) is 10.3. The van der Waals surface area contributed by atoms with Crippen LogP contribution in [-0.4, -0.2) is 35.8 Å². The van der Waals surface area contributed by atoms with Gasteiger partial charge in [-0.1, -0.05) is 15.9 Å². The molecule has 150 valence electrons. The van der Waals surface area contributed by atoms with Crippen LogP contribution in [0.15, 0.2) is 53.0 Å². The van der Waals surface area contributed by atoms with E-state index in [9.17, 15) is 19.5 Å². The van der Waals surface area contributed by atoms with Crippen molar-refractivity contribution in [3.05, 3.63) is 63.1 Å². The molecule has 0 spiro atoms. The van der Waals surface area contributed by atoms with Gasteiger partial charge in [0.15, 0.2) is 0 Å². The van der Waals surface area contributed by atoms with Gasteiger partial charge in [0.1, 0.15) is 17.5 Å². The summed E-state index contributed by atoms with van der Waals surface area (Å²) < 4.78 is 31.3. The number of carbonyl (C=O) groups excluding carboxylic acids is 1. The number of hydrogen-bond donors (Lipinski definition) is 0. The largest absolute Gasteiger partial charge is 0.516 e. The molecule has 2 aromatic rings. The number of carbonyl (C=O) groups is 1. The second-order valence-corrected chi connectivity index (χ2v) is 8.48. The lowest BCUT2D eigenvalue weighted by atomic mass is 10.3. The van der Waals surface area contributed by atoms with Crippen molar-refractivity contribution in [2.24, 2.45) is 0 Å². The smallest absolute Gasteiger partial charge is 0.468 e. The van der Waals surface area contributed by atoms with Crippen molar-refractivity contribution in [1.82, 2.24) is 4.67 Å². The molecular weight excluding hydrogens is 455 g/mol. The molecule has 0 fully saturated rings. The summed E-state index contributed by atoms with van der Waals surface area (Å²) in [6, 6.07) is 10.6. The number of likely N-dealkylation sites (N-methyl/N-ethyl adjacent to an activating group) is 1. The van der Waals surface area contributed by atoms with E-state index in [2.05, 4.69) is 15.9 Å². The summed E-state index contributed by atoms with van der Waals surface area (Å²) in [4.78, 5) is 22.1. The van der Waals surface area contributed by atoms with E-state index in [-0.39, 0.29) is 17.2 Å². The number of rotatable bonds is 8. The number of methoxy groups -OCH3 is 1. The normalized spacial score (nSPS) is 14.0. The number of hydrogen-bond acceptors (Lipinski definition) is 7. The van der Waals surface area contributed by atoms with E-state index < -0.39 is 24.7 Å². The molecule has 9 nitrogen and oxygen atoms in total. The van der Waals surface area contributed by atoms with Crippen LogP contribution in [0.1, 0.15) is 6.92 Å². The summed E-state index contributed by atoms with van der Waals surface area (Å²) in [5.74, 6) is -0.304. The molecule has 0 saturated heterocycles. The minimum atomic E-state index is -4.08. The Kier molecular flexibility index (Phi) is 7.17. The van der Waals surface area contributed by atoms with E-state index in [0.29, 0.717) is 0 Å².